The van der Waals surface area contributed by atoms with Gasteiger partial charge in [0.15, 0.2) is 0 Å². The van der Waals surface area contributed by atoms with Gasteiger partial charge in [-0.2, -0.15) is 13.2 Å². The molecule has 1 amide bonds. The van der Waals surface area contributed by atoms with E-state index in [1.54, 1.807) is 0 Å². The van der Waals surface area contributed by atoms with Crippen molar-refractivity contribution in [3.63, 3.8) is 0 Å². The molecule has 0 bridgehead atoms. The molecule has 3 rings (SSSR count). The van der Waals surface area contributed by atoms with Crippen molar-refractivity contribution in [2.24, 2.45) is 0 Å². The maximum absolute atomic E-state index is 12.9. The number of rotatable bonds is 4. The zero-order valence-electron chi connectivity index (χ0n) is 11.9. The second-order valence-corrected chi connectivity index (χ2v) is 5.20. The lowest BCUT2D eigenvalue weighted by Crippen LogP contribution is -2.26. The van der Waals surface area contributed by atoms with Crippen molar-refractivity contribution in [2.45, 2.75) is 25.1 Å². The maximum atomic E-state index is 12.9. The van der Waals surface area contributed by atoms with Gasteiger partial charge in [-0.05, 0) is 25.0 Å². The van der Waals surface area contributed by atoms with Crippen molar-refractivity contribution in [3.05, 3.63) is 47.9 Å². The van der Waals surface area contributed by atoms with Gasteiger partial charge in [0.25, 0.3) is 5.91 Å². The Morgan fingerprint density at radius 1 is 1.13 bits per heavy atom. The number of para-hydroxylation sites is 1. The van der Waals surface area contributed by atoms with Crippen molar-refractivity contribution in [2.75, 3.05) is 5.32 Å². The van der Waals surface area contributed by atoms with Crippen LogP contribution in [-0.4, -0.2) is 21.9 Å². The summed E-state index contributed by atoms with van der Waals surface area (Å²) in [6, 6.07) is 5.28. The Labute approximate surface area is 130 Å². The first kappa shape index (κ1) is 15.3. The highest BCUT2D eigenvalue weighted by molar-refractivity contribution is 5.92. The fourth-order valence-electron chi connectivity index (χ4n) is 1.97. The fourth-order valence-corrected chi connectivity index (χ4v) is 1.97. The molecule has 1 aromatic heterocycles. The number of carbonyl (C=O) groups excluding carboxylic acids is 1. The van der Waals surface area contributed by atoms with E-state index in [-0.39, 0.29) is 29.1 Å². The Morgan fingerprint density at radius 3 is 2.48 bits per heavy atom. The number of halogens is 3. The first-order valence-electron chi connectivity index (χ1n) is 6.99. The van der Waals surface area contributed by atoms with Gasteiger partial charge in [0.05, 0.1) is 23.6 Å². The van der Waals surface area contributed by atoms with E-state index in [0.717, 1.165) is 18.9 Å². The molecule has 1 aliphatic carbocycles. The van der Waals surface area contributed by atoms with E-state index in [0.29, 0.717) is 0 Å². The predicted molar refractivity (Wildman–Crippen MR) is 77.2 cm³/mol. The second kappa shape index (κ2) is 5.86. The lowest BCUT2D eigenvalue weighted by atomic mass is 10.1. The fraction of sp³-hybridized carbons (Fsp3) is 0.267. The molecule has 2 N–H and O–H groups in total. The van der Waals surface area contributed by atoms with Gasteiger partial charge < -0.3 is 10.6 Å². The Morgan fingerprint density at radius 2 is 1.87 bits per heavy atom. The molecule has 1 aromatic carbocycles. The third-order valence-electron chi connectivity index (χ3n) is 3.29. The lowest BCUT2D eigenvalue weighted by Gasteiger charge is -2.13. The normalized spacial score (nSPS) is 14.4. The van der Waals surface area contributed by atoms with Gasteiger partial charge >= 0.3 is 6.18 Å². The van der Waals surface area contributed by atoms with Crippen LogP contribution in [-0.2, 0) is 6.18 Å². The van der Waals surface area contributed by atoms with Crippen LogP contribution in [0.15, 0.2) is 36.7 Å². The van der Waals surface area contributed by atoms with Crippen molar-refractivity contribution in [3.8, 4) is 0 Å². The summed E-state index contributed by atoms with van der Waals surface area (Å²) >= 11 is 0. The highest BCUT2D eigenvalue weighted by atomic mass is 19.4. The molecular weight excluding hydrogens is 309 g/mol. The topological polar surface area (TPSA) is 66.9 Å². The molecule has 120 valence electrons. The molecule has 1 aliphatic rings. The summed E-state index contributed by atoms with van der Waals surface area (Å²) in [5.74, 6) is -0.202. The number of anilines is 2. The Kier molecular flexibility index (Phi) is 3.89. The minimum absolute atomic E-state index is 0.121. The smallest absolute Gasteiger partial charge is 0.348 e. The van der Waals surface area contributed by atoms with Crippen LogP contribution in [0.25, 0.3) is 0 Å². The quantitative estimate of drug-likeness (QED) is 0.907. The van der Waals surface area contributed by atoms with Crippen LogP contribution in [0.3, 0.4) is 0 Å². The molecule has 23 heavy (non-hydrogen) atoms. The Hall–Kier alpha value is -2.64. The first-order chi connectivity index (χ1) is 10.9. The number of nitrogens with one attached hydrogen (secondary N) is 2. The summed E-state index contributed by atoms with van der Waals surface area (Å²) in [4.78, 5) is 19.6. The molecule has 5 nitrogen and oxygen atoms in total. The van der Waals surface area contributed by atoms with E-state index >= 15 is 0 Å². The van der Waals surface area contributed by atoms with Crippen LogP contribution in [0.4, 0.5) is 24.7 Å². The average Bonchev–Trinajstić information content (AvgIpc) is 3.31. The maximum Gasteiger partial charge on any atom is 0.418 e. The molecule has 0 unspecified atom stereocenters. The molecule has 0 spiro atoms. The number of hydrogen-bond acceptors (Lipinski definition) is 4. The minimum atomic E-state index is -4.47. The van der Waals surface area contributed by atoms with Crippen molar-refractivity contribution >= 4 is 17.4 Å². The monoisotopic (exact) mass is 322 g/mol. The van der Waals surface area contributed by atoms with Gasteiger partial charge in [-0.3, -0.25) is 4.79 Å². The van der Waals surface area contributed by atoms with Crippen LogP contribution in [0.2, 0.25) is 0 Å². The van der Waals surface area contributed by atoms with Crippen LogP contribution in [0.5, 0.6) is 0 Å². The van der Waals surface area contributed by atoms with E-state index < -0.39 is 11.7 Å². The number of amides is 1. The molecule has 1 heterocycles. The molecular formula is C15H13F3N4O. The number of benzene rings is 1. The average molecular weight is 322 g/mol. The number of hydrogen-bond donors (Lipinski definition) is 2. The molecule has 1 saturated carbocycles. The zero-order chi connectivity index (χ0) is 16.4. The van der Waals surface area contributed by atoms with Crippen LogP contribution in [0, 0.1) is 0 Å². The third-order valence-corrected chi connectivity index (χ3v) is 3.29. The molecule has 1 fully saturated rings. The second-order valence-electron chi connectivity index (χ2n) is 5.20. The van der Waals surface area contributed by atoms with E-state index in [1.165, 1.54) is 30.6 Å². The largest absolute Gasteiger partial charge is 0.418 e. The van der Waals surface area contributed by atoms with Gasteiger partial charge in [-0.25, -0.2) is 9.97 Å². The SMILES string of the molecule is O=C(NC1CC1)c1cnc(Nc2ccccc2C(F)(F)F)cn1. The van der Waals surface area contributed by atoms with E-state index in [4.69, 9.17) is 0 Å². The van der Waals surface area contributed by atoms with E-state index in [2.05, 4.69) is 20.6 Å². The first-order valence-corrected chi connectivity index (χ1v) is 6.99. The molecule has 0 radical (unpaired) electrons. The standard InChI is InChI=1S/C15H13F3N4O/c16-15(17,18)10-3-1-2-4-11(10)22-13-8-19-12(7-20-13)14(23)21-9-5-6-9/h1-4,7-9H,5-6H2,(H,20,22)(H,21,23). The molecule has 0 atom stereocenters. The summed E-state index contributed by atoms with van der Waals surface area (Å²) in [6.45, 7) is 0. The van der Waals surface area contributed by atoms with E-state index in [9.17, 15) is 18.0 Å². The molecule has 0 aliphatic heterocycles. The summed E-state index contributed by atoms with van der Waals surface area (Å²) in [5, 5.41) is 5.33. The highest BCUT2D eigenvalue weighted by Gasteiger charge is 2.33. The van der Waals surface area contributed by atoms with Crippen molar-refractivity contribution < 1.29 is 18.0 Å². The summed E-state index contributed by atoms with van der Waals surface area (Å²) in [7, 11) is 0. The lowest BCUT2D eigenvalue weighted by molar-refractivity contribution is -0.136. The summed E-state index contributed by atoms with van der Waals surface area (Å²) in [5.41, 5.74) is -0.784. The van der Waals surface area contributed by atoms with Gasteiger partial charge in [0, 0.05) is 6.04 Å². The van der Waals surface area contributed by atoms with Gasteiger partial charge in [-0.1, -0.05) is 12.1 Å². The van der Waals surface area contributed by atoms with Crippen LogP contribution in [0.1, 0.15) is 28.9 Å². The Balaban J connectivity index is 1.75. The van der Waals surface area contributed by atoms with Crippen molar-refractivity contribution in [1.82, 2.24) is 15.3 Å². The number of aromatic nitrogens is 2. The third kappa shape index (κ3) is 3.77. The van der Waals surface area contributed by atoms with Crippen LogP contribution >= 0.6 is 0 Å². The van der Waals surface area contributed by atoms with E-state index in [1.807, 2.05) is 0 Å². The molecule has 2 aromatic rings. The molecule has 8 heteroatoms. The highest BCUT2D eigenvalue weighted by Crippen LogP contribution is 2.35. The van der Waals surface area contributed by atoms with Gasteiger partial charge in [0.1, 0.15) is 11.5 Å². The number of carbonyl (C=O) groups is 1. The number of alkyl halides is 3. The van der Waals surface area contributed by atoms with Gasteiger partial charge in [0.2, 0.25) is 0 Å². The molecule has 0 saturated heterocycles. The van der Waals surface area contributed by atoms with Crippen molar-refractivity contribution in [1.29, 1.82) is 0 Å². The number of nitrogens with zero attached hydrogens (tertiary/aromatic N) is 2. The summed E-state index contributed by atoms with van der Waals surface area (Å²) < 4.78 is 38.8. The predicted octanol–water partition coefficient (Wildman–Crippen LogP) is 3.13. The Bertz CT molecular complexity index is 711. The zero-order valence-corrected chi connectivity index (χ0v) is 11.9. The van der Waals surface area contributed by atoms with Gasteiger partial charge in [-0.15, -0.1) is 0 Å². The van der Waals surface area contributed by atoms with Crippen LogP contribution < -0.4 is 10.6 Å². The minimum Gasteiger partial charge on any atom is -0.348 e. The summed E-state index contributed by atoms with van der Waals surface area (Å²) in [6.07, 6.45) is -0.105.